The van der Waals surface area contributed by atoms with E-state index in [2.05, 4.69) is 27.8 Å². The third-order valence-corrected chi connectivity index (χ3v) is 5.59. The monoisotopic (exact) mass is 481 g/mol. The van der Waals surface area contributed by atoms with Crippen LogP contribution in [0.4, 0.5) is 4.79 Å². The van der Waals surface area contributed by atoms with Gasteiger partial charge in [-0.15, -0.1) is 0 Å². The van der Waals surface area contributed by atoms with E-state index in [1.165, 1.54) is 0 Å². The van der Waals surface area contributed by atoms with Gasteiger partial charge in [-0.25, -0.2) is 4.79 Å². The van der Waals surface area contributed by atoms with Gasteiger partial charge in [0, 0.05) is 19.3 Å². The van der Waals surface area contributed by atoms with Gasteiger partial charge in [0.25, 0.3) is 5.91 Å². The average Bonchev–Trinajstić information content (AvgIpc) is 2.84. The first kappa shape index (κ1) is 26.0. The minimum Gasteiger partial charge on any atom is -0.496 e. The summed E-state index contributed by atoms with van der Waals surface area (Å²) in [7, 11) is 1.55. The topological polar surface area (TPSA) is 105 Å². The lowest BCUT2D eigenvalue weighted by Crippen LogP contribution is -2.45. The smallest absolute Gasteiger partial charge is 0.410 e. The van der Waals surface area contributed by atoms with Crippen LogP contribution in [0.5, 0.6) is 5.75 Å². The molecule has 188 valence electrons. The molecule has 3 rings (SSSR count). The number of hydrogen-bond donors (Lipinski definition) is 2. The zero-order valence-electron chi connectivity index (χ0n) is 20.9. The Morgan fingerprint density at radius 1 is 1.29 bits per heavy atom. The molecule has 1 aromatic rings. The molecule has 0 spiro atoms. The van der Waals surface area contributed by atoms with Crippen molar-refractivity contribution in [1.82, 2.24) is 15.5 Å². The molecule has 1 aromatic carbocycles. The second-order valence-corrected chi connectivity index (χ2v) is 8.71. The maximum absolute atomic E-state index is 13.2. The Labute approximate surface area is 207 Å². The van der Waals surface area contributed by atoms with E-state index < -0.39 is 6.17 Å². The number of hydrogen-bond acceptors (Lipinski definition) is 7. The zero-order chi connectivity index (χ0) is 25.2. The van der Waals surface area contributed by atoms with E-state index in [-0.39, 0.29) is 18.1 Å². The van der Waals surface area contributed by atoms with Gasteiger partial charge in [-0.3, -0.25) is 4.79 Å². The number of amides is 2. The number of nitrogens with zero attached hydrogens (tertiary/aromatic N) is 3. The van der Waals surface area contributed by atoms with Gasteiger partial charge in [0.15, 0.2) is 0 Å². The van der Waals surface area contributed by atoms with Crippen LogP contribution in [-0.4, -0.2) is 55.3 Å². The van der Waals surface area contributed by atoms with Crippen molar-refractivity contribution >= 4 is 24.4 Å². The summed E-state index contributed by atoms with van der Waals surface area (Å²) in [5.74, 6) is 0.211. The Morgan fingerprint density at radius 3 is 2.86 bits per heavy atom. The fraction of sp³-hybridized carbons (Fsp3) is 0.462. The summed E-state index contributed by atoms with van der Waals surface area (Å²) >= 11 is 0. The molecule has 0 aromatic heterocycles. The zero-order valence-corrected chi connectivity index (χ0v) is 20.9. The molecule has 1 unspecified atom stereocenters. The van der Waals surface area contributed by atoms with Crippen LogP contribution in [0.25, 0.3) is 0 Å². The summed E-state index contributed by atoms with van der Waals surface area (Å²) in [4.78, 5) is 27.2. The van der Waals surface area contributed by atoms with Gasteiger partial charge in [-0.05, 0) is 68.5 Å². The van der Waals surface area contributed by atoms with Gasteiger partial charge in [0.2, 0.25) is 0 Å². The molecule has 0 fully saturated rings. The van der Waals surface area contributed by atoms with E-state index in [4.69, 9.17) is 9.47 Å². The standard InChI is InChI=1S/C26H35N5O4/c1-5-6-7-12-27-28-16-21-9-8-10-24(29-21)30-25(32)22-14-20-17-31(26(33)35-18(2)3)13-11-19(20)15-23(22)34-4/h8-10,12,14-16,18,24,29H,5-7,11,13,17H2,1-4H3,(H,30,32)/b27-12+,28-16+. The third-order valence-electron chi connectivity index (χ3n) is 5.59. The van der Waals surface area contributed by atoms with Crippen LogP contribution < -0.4 is 15.4 Å². The van der Waals surface area contributed by atoms with E-state index in [1.807, 2.05) is 38.1 Å². The molecule has 0 saturated heterocycles. The van der Waals surface area contributed by atoms with Crippen LogP contribution >= 0.6 is 0 Å². The molecule has 0 aliphatic carbocycles. The number of nitrogens with one attached hydrogen (secondary N) is 2. The Kier molecular flexibility index (Phi) is 9.46. The highest BCUT2D eigenvalue weighted by molar-refractivity contribution is 5.97. The van der Waals surface area contributed by atoms with Crippen LogP contribution in [0.3, 0.4) is 0 Å². The molecule has 0 radical (unpaired) electrons. The van der Waals surface area contributed by atoms with Gasteiger partial charge in [0.05, 0.1) is 30.7 Å². The number of carbonyl (C=O) groups is 2. The maximum Gasteiger partial charge on any atom is 0.410 e. The summed E-state index contributed by atoms with van der Waals surface area (Å²) in [5.41, 5.74) is 3.11. The van der Waals surface area contributed by atoms with Gasteiger partial charge < -0.3 is 25.0 Å². The van der Waals surface area contributed by atoms with Crippen molar-refractivity contribution in [2.45, 2.75) is 65.3 Å². The van der Waals surface area contributed by atoms with E-state index in [0.29, 0.717) is 30.8 Å². The third kappa shape index (κ3) is 7.43. The van der Waals surface area contributed by atoms with Crippen LogP contribution in [0, 0.1) is 0 Å². The summed E-state index contributed by atoms with van der Waals surface area (Å²) in [6.45, 7) is 6.72. The highest BCUT2D eigenvalue weighted by Crippen LogP contribution is 2.28. The van der Waals surface area contributed by atoms with Crippen LogP contribution in [-0.2, 0) is 17.7 Å². The van der Waals surface area contributed by atoms with Crippen molar-refractivity contribution < 1.29 is 19.1 Å². The first-order chi connectivity index (χ1) is 16.9. The second kappa shape index (κ2) is 12.7. The second-order valence-electron chi connectivity index (χ2n) is 8.71. The van der Waals surface area contributed by atoms with E-state index in [0.717, 1.165) is 36.1 Å². The highest BCUT2D eigenvalue weighted by Gasteiger charge is 2.26. The molecule has 2 aliphatic rings. The number of unbranched alkanes of at least 4 members (excludes halogenated alkanes) is 2. The minimum atomic E-state index is -0.420. The van der Waals surface area contributed by atoms with Crippen LogP contribution in [0.15, 0.2) is 46.3 Å². The van der Waals surface area contributed by atoms with Gasteiger partial charge in [0.1, 0.15) is 11.9 Å². The molecule has 1 atom stereocenters. The van der Waals surface area contributed by atoms with E-state index in [1.54, 1.807) is 30.5 Å². The number of methoxy groups -OCH3 is 1. The molecular weight excluding hydrogens is 446 g/mol. The highest BCUT2D eigenvalue weighted by atomic mass is 16.6. The van der Waals surface area contributed by atoms with Crippen molar-refractivity contribution in [3.8, 4) is 5.75 Å². The Bertz CT molecular complexity index is 1030. The lowest BCUT2D eigenvalue weighted by atomic mass is 9.96. The van der Waals surface area contributed by atoms with Gasteiger partial charge in [-0.2, -0.15) is 10.2 Å². The fourth-order valence-electron chi connectivity index (χ4n) is 3.79. The first-order valence-electron chi connectivity index (χ1n) is 12.1. The quantitative estimate of drug-likeness (QED) is 0.316. The molecule has 9 heteroatoms. The minimum absolute atomic E-state index is 0.186. The van der Waals surface area contributed by atoms with Crippen LogP contribution in [0.1, 0.15) is 61.5 Å². The number of ether oxygens (including phenoxy) is 2. The molecule has 2 heterocycles. The number of rotatable bonds is 9. The number of benzene rings is 1. The Morgan fingerprint density at radius 2 is 2.11 bits per heavy atom. The molecule has 0 saturated carbocycles. The summed E-state index contributed by atoms with van der Waals surface area (Å²) in [6, 6.07) is 3.68. The molecule has 9 nitrogen and oxygen atoms in total. The van der Waals surface area contributed by atoms with E-state index >= 15 is 0 Å². The summed E-state index contributed by atoms with van der Waals surface area (Å²) in [5, 5.41) is 14.3. The number of dihydropyridines is 1. The molecule has 0 bridgehead atoms. The molecular formula is C26H35N5O4. The predicted molar refractivity (Wildman–Crippen MR) is 137 cm³/mol. The predicted octanol–water partition coefficient (Wildman–Crippen LogP) is 3.94. The van der Waals surface area contributed by atoms with Crippen molar-refractivity contribution in [2.75, 3.05) is 13.7 Å². The van der Waals surface area contributed by atoms with Crippen molar-refractivity contribution in [1.29, 1.82) is 0 Å². The lowest BCUT2D eigenvalue weighted by Gasteiger charge is -2.30. The lowest BCUT2D eigenvalue weighted by molar-refractivity contribution is 0.0730. The van der Waals surface area contributed by atoms with Crippen molar-refractivity contribution in [3.63, 3.8) is 0 Å². The van der Waals surface area contributed by atoms with Gasteiger partial charge in [-0.1, -0.05) is 19.4 Å². The molecule has 35 heavy (non-hydrogen) atoms. The molecule has 2 N–H and O–H groups in total. The summed E-state index contributed by atoms with van der Waals surface area (Å²) in [6.07, 6.45) is 11.8. The SMILES string of the molecule is CCCC/C=N/N=C/C1=CC=CC(NC(=O)c2cc3c(cc2OC)CCN(C(=O)OC(C)C)C3)N1. The number of carbonyl (C=O) groups excluding carboxylic acids is 2. The molecule has 2 aliphatic heterocycles. The number of fused-ring (bicyclic) bond motifs is 1. The van der Waals surface area contributed by atoms with Crippen LogP contribution in [0.2, 0.25) is 0 Å². The number of allylic oxidation sites excluding steroid dienone is 3. The Hall–Kier alpha value is -3.62. The normalized spacial score (nSPS) is 17.3. The van der Waals surface area contributed by atoms with Crippen molar-refractivity contribution in [2.24, 2.45) is 10.2 Å². The van der Waals surface area contributed by atoms with Crippen molar-refractivity contribution in [3.05, 3.63) is 52.7 Å². The fourth-order valence-corrected chi connectivity index (χ4v) is 3.79. The van der Waals surface area contributed by atoms with Gasteiger partial charge >= 0.3 is 6.09 Å². The van der Waals surface area contributed by atoms with E-state index in [9.17, 15) is 9.59 Å². The Balaban J connectivity index is 1.66. The first-order valence-corrected chi connectivity index (χ1v) is 12.1. The largest absolute Gasteiger partial charge is 0.496 e. The average molecular weight is 482 g/mol. The molecule has 2 amide bonds. The maximum atomic E-state index is 13.2. The summed E-state index contributed by atoms with van der Waals surface area (Å²) < 4.78 is 10.8.